The molecule has 98 valence electrons. The Morgan fingerprint density at radius 1 is 1.21 bits per heavy atom. The fraction of sp³-hybridized carbons (Fsp3) is 0.133. The summed E-state index contributed by atoms with van der Waals surface area (Å²) >= 11 is 5.16. The summed E-state index contributed by atoms with van der Waals surface area (Å²) in [5.74, 6) is 0.911. The van der Waals surface area contributed by atoms with E-state index in [0.717, 1.165) is 21.7 Å². The van der Waals surface area contributed by atoms with Crippen molar-refractivity contribution >= 4 is 33.4 Å². The summed E-state index contributed by atoms with van der Waals surface area (Å²) in [6, 6.07) is 14.2. The van der Waals surface area contributed by atoms with Crippen molar-refractivity contribution in [1.82, 2.24) is 4.98 Å². The van der Waals surface area contributed by atoms with E-state index in [1.807, 2.05) is 36.4 Å². The topological polar surface area (TPSA) is 24.9 Å². The van der Waals surface area contributed by atoms with Gasteiger partial charge in [-0.15, -0.1) is 18.3 Å². The van der Waals surface area contributed by atoms with E-state index in [1.165, 1.54) is 4.90 Å². The Kier molecular flexibility index (Phi) is 5.48. The predicted molar refractivity (Wildman–Crippen MR) is 86.6 cm³/mol. The number of hydrogen-bond donors (Lipinski definition) is 1. The first-order valence-corrected chi connectivity index (χ1v) is 7.75. The Bertz CT molecular complexity index is 557. The number of nitrogens with zero attached hydrogens (tertiary/aromatic N) is 1. The summed E-state index contributed by atoms with van der Waals surface area (Å²) in [6.45, 7) is 4.47. The van der Waals surface area contributed by atoms with Gasteiger partial charge in [0, 0.05) is 16.3 Å². The first-order valence-electron chi connectivity index (χ1n) is 5.97. The van der Waals surface area contributed by atoms with E-state index in [9.17, 15) is 0 Å². The molecule has 0 atom stereocenters. The molecule has 2 rings (SSSR count). The minimum Gasteiger partial charge on any atom is -0.378 e. The monoisotopic (exact) mass is 334 g/mol. The standard InChI is InChI=1S/C15H15BrN2S/c1-2-10-19-14-8-4-3-7-13(14)17-11-12-6-5-9-15(16)18-12/h2-9,17H,1,10-11H2. The lowest BCUT2D eigenvalue weighted by Crippen LogP contribution is -2.02. The van der Waals surface area contributed by atoms with Gasteiger partial charge in [-0.3, -0.25) is 0 Å². The van der Waals surface area contributed by atoms with Crippen molar-refractivity contribution in [2.45, 2.75) is 11.4 Å². The third-order valence-electron chi connectivity index (χ3n) is 2.48. The maximum Gasteiger partial charge on any atom is 0.106 e. The highest BCUT2D eigenvalue weighted by Crippen LogP contribution is 2.27. The number of halogens is 1. The molecule has 2 nitrogen and oxygen atoms in total. The minimum absolute atomic E-state index is 0.713. The van der Waals surface area contributed by atoms with Crippen molar-refractivity contribution in [1.29, 1.82) is 0 Å². The molecule has 0 bridgehead atoms. The lowest BCUT2D eigenvalue weighted by Gasteiger charge is -2.10. The molecular weight excluding hydrogens is 320 g/mol. The molecule has 0 saturated heterocycles. The van der Waals surface area contributed by atoms with E-state index in [1.54, 1.807) is 11.8 Å². The second kappa shape index (κ2) is 7.36. The molecule has 0 radical (unpaired) electrons. The fourth-order valence-corrected chi connectivity index (χ4v) is 2.77. The molecule has 0 aliphatic rings. The molecule has 2 aromatic rings. The van der Waals surface area contributed by atoms with Gasteiger partial charge >= 0.3 is 0 Å². The molecule has 1 heterocycles. The van der Waals surface area contributed by atoms with Crippen LogP contribution in [0.5, 0.6) is 0 Å². The number of aromatic nitrogens is 1. The van der Waals surface area contributed by atoms with Gasteiger partial charge in [0.2, 0.25) is 0 Å². The summed E-state index contributed by atoms with van der Waals surface area (Å²) in [4.78, 5) is 5.64. The van der Waals surface area contributed by atoms with Gasteiger partial charge in [-0.25, -0.2) is 4.98 Å². The number of anilines is 1. The summed E-state index contributed by atoms with van der Waals surface area (Å²) in [7, 11) is 0. The normalized spacial score (nSPS) is 10.2. The molecule has 0 aliphatic carbocycles. The van der Waals surface area contributed by atoms with Crippen molar-refractivity contribution in [3.8, 4) is 0 Å². The van der Waals surface area contributed by atoms with E-state index >= 15 is 0 Å². The molecule has 0 fully saturated rings. The van der Waals surface area contributed by atoms with Gasteiger partial charge in [-0.1, -0.05) is 24.3 Å². The second-order valence-electron chi connectivity index (χ2n) is 3.90. The van der Waals surface area contributed by atoms with Gasteiger partial charge in [-0.05, 0) is 40.2 Å². The highest BCUT2D eigenvalue weighted by atomic mass is 79.9. The van der Waals surface area contributed by atoms with Crippen molar-refractivity contribution in [2.24, 2.45) is 0 Å². The van der Waals surface area contributed by atoms with Crippen molar-refractivity contribution in [2.75, 3.05) is 11.1 Å². The maximum absolute atomic E-state index is 4.41. The lowest BCUT2D eigenvalue weighted by molar-refractivity contribution is 1.02. The van der Waals surface area contributed by atoms with Crippen LogP contribution in [0.2, 0.25) is 0 Å². The zero-order valence-electron chi connectivity index (χ0n) is 10.5. The average molecular weight is 335 g/mol. The zero-order chi connectivity index (χ0) is 13.5. The highest BCUT2D eigenvalue weighted by molar-refractivity contribution is 9.10. The summed E-state index contributed by atoms with van der Waals surface area (Å²) < 4.78 is 0.862. The third kappa shape index (κ3) is 4.40. The van der Waals surface area contributed by atoms with Crippen LogP contribution < -0.4 is 5.32 Å². The summed E-state index contributed by atoms with van der Waals surface area (Å²) in [5, 5.41) is 3.43. The fourth-order valence-electron chi connectivity index (χ4n) is 1.62. The Morgan fingerprint density at radius 2 is 2.05 bits per heavy atom. The van der Waals surface area contributed by atoms with Crippen LogP contribution in [0.4, 0.5) is 5.69 Å². The average Bonchev–Trinajstić information content (AvgIpc) is 2.44. The number of thioether (sulfide) groups is 1. The van der Waals surface area contributed by atoms with Crippen LogP contribution in [0.15, 0.2) is 64.6 Å². The molecule has 1 aromatic heterocycles. The molecule has 0 unspecified atom stereocenters. The minimum atomic E-state index is 0.713. The number of pyridine rings is 1. The first-order chi connectivity index (χ1) is 9.29. The number of hydrogen-bond acceptors (Lipinski definition) is 3. The van der Waals surface area contributed by atoms with Crippen molar-refractivity contribution in [3.63, 3.8) is 0 Å². The van der Waals surface area contributed by atoms with Crippen LogP contribution in [0, 0.1) is 0 Å². The van der Waals surface area contributed by atoms with Gasteiger partial charge in [0.15, 0.2) is 0 Å². The van der Waals surface area contributed by atoms with Crippen LogP contribution in [-0.2, 0) is 6.54 Å². The summed E-state index contributed by atoms with van der Waals surface area (Å²) in [5.41, 5.74) is 2.15. The zero-order valence-corrected chi connectivity index (χ0v) is 12.9. The van der Waals surface area contributed by atoms with E-state index in [0.29, 0.717) is 6.54 Å². The van der Waals surface area contributed by atoms with Crippen LogP contribution in [0.25, 0.3) is 0 Å². The predicted octanol–water partition coefficient (Wildman–Crippen LogP) is 4.73. The van der Waals surface area contributed by atoms with Crippen LogP contribution in [0.1, 0.15) is 5.69 Å². The molecular formula is C15H15BrN2S. The molecule has 0 spiro atoms. The van der Waals surface area contributed by atoms with E-state index in [2.05, 4.69) is 44.9 Å². The largest absolute Gasteiger partial charge is 0.378 e. The Morgan fingerprint density at radius 3 is 2.84 bits per heavy atom. The number of rotatable bonds is 6. The molecule has 1 N–H and O–H groups in total. The Hall–Kier alpha value is -1.26. The maximum atomic E-state index is 4.41. The van der Waals surface area contributed by atoms with E-state index in [4.69, 9.17) is 0 Å². The SMILES string of the molecule is C=CCSc1ccccc1NCc1cccc(Br)n1. The second-order valence-corrected chi connectivity index (χ2v) is 5.78. The van der Waals surface area contributed by atoms with Gasteiger partial charge in [0.1, 0.15) is 4.60 Å². The van der Waals surface area contributed by atoms with Crippen LogP contribution >= 0.6 is 27.7 Å². The van der Waals surface area contributed by atoms with Gasteiger partial charge in [0.05, 0.1) is 12.2 Å². The molecule has 1 aromatic carbocycles. The Balaban J connectivity index is 2.04. The van der Waals surface area contributed by atoms with Crippen molar-refractivity contribution < 1.29 is 0 Å². The first kappa shape index (κ1) is 14.2. The summed E-state index contributed by atoms with van der Waals surface area (Å²) in [6.07, 6.45) is 1.91. The van der Waals surface area contributed by atoms with E-state index in [-0.39, 0.29) is 0 Å². The number of benzene rings is 1. The molecule has 19 heavy (non-hydrogen) atoms. The molecule has 0 amide bonds. The molecule has 4 heteroatoms. The van der Waals surface area contributed by atoms with Gasteiger partial charge < -0.3 is 5.32 Å². The van der Waals surface area contributed by atoms with Crippen LogP contribution in [0.3, 0.4) is 0 Å². The van der Waals surface area contributed by atoms with Gasteiger partial charge in [0.25, 0.3) is 0 Å². The van der Waals surface area contributed by atoms with Crippen LogP contribution in [-0.4, -0.2) is 10.7 Å². The third-order valence-corrected chi connectivity index (χ3v) is 3.99. The highest BCUT2D eigenvalue weighted by Gasteiger charge is 2.02. The molecule has 0 saturated carbocycles. The van der Waals surface area contributed by atoms with Gasteiger partial charge in [-0.2, -0.15) is 0 Å². The van der Waals surface area contributed by atoms with E-state index < -0.39 is 0 Å². The van der Waals surface area contributed by atoms with Crippen molar-refractivity contribution in [3.05, 3.63) is 65.4 Å². The quantitative estimate of drug-likeness (QED) is 0.469. The molecule has 0 aliphatic heterocycles. The lowest BCUT2D eigenvalue weighted by atomic mass is 10.3. The Labute approximate surface area is 126 Å². The smallest absolute Gasteiger partial charge is 0.106 e. The number of para-hydroxylation sites is 1. The number of nitrogens with one attached hydrogen (secondary N) is 1.